The Labute approximate surface area is 114 Å². The lowest BCUT2D eigenvalue weighted by Crippen LogP contribution is -2.03. The molecule has 20 heavy (non-hydrogen) atoms. The van der Waals surface area contributed by atoms with Gasteiger partial charge in [0.2, 0.25) is 0 Å². The number of amides is 1. The highest BCUT2D eigenvalue weighted by molar-refractivity contribution is 6.34. The van der Waals surface area contributed by atoms with Crippen molar-refractivity contribution in [2.75, 3.05) is 5.32 Å². The van der Waals surface area contributed by atoms with E-state index in [1.165, 1.54) is 18.2 Å². The summed E-state index contributed by atoms with van der Waals surface area (Å²) in [6.45, 7) is 1.78. The van der Waals surface area contributed by atoms with Crippen molar-refractivity contribution in [2.24, 2.45) is 0 Å². The molecule has 0 aliphatic carbocycles. The third kappa shape index (κ3) is 1.84. The van der Waals surface area contributed by atoms with Gasteiger partial charge in [0.1, 0.15) is 5.82 Å². The predicted octanol–water partition coefficient (Wildman–Crippen LogP) is 2.77. The van der Waals surface area contributed by atoms with Gasteiger partial charge < -0.3 is 10.3 Å². The van der Waals surface area contributed by atoms with Gasteiger partial charge in [0.15, 0.2) is 6.29 Å². The van der Waals surface area contributed by atoms with Crippen LogP contribution < -0.4 is 5.32 Å². The summed E-state index contributed by atoms with van der Waals surface area (Å²) in [6, 6.07) is 4.15. The third-order valence-electron chi connectivity index (χ3n) is 3.40. The fourth-order valence-electron chi connectivity index (χ4n) is 2.25. The van der Waals surface area contributed by atoms with Crippen molar-refractivity contribution in [3.8, 4) is 0 Å². The molecule has 2 heterocycles. The maximum atomic E-state index is 13.3. The topological polar surface area (TPSA) is 62.0 Å². The van der Waals surface area contributed by atoms with E-state index in [9.17, 15) is 14.0 Å². The normalized spacial score (nSPS) is 15.3. The molecule has 0 atom stereocenters. The lowest BCUT2D eigenvalue weighted by atomic mass is 10.0. The van der Waals surface area contributed by atoms with E-state index in [0.29, 0.717) is 28.1 Å². The molecule has 1 aromatic heterocycles. The zero-order valence-corrected chi connectivity index (χ0v) is 10.7. The summed E-state index contributed by atoms with van der Waals surface area (Å²) in [5.74, 6) is -0.685. The molecule has 1 aliphatic rings. The van der Waals surface area contributed by atoms with Crippen molar-refractivity contribution >= 4 is 29.5 Å². The first kappa shape index (κ1) is 12.3. The van der Waals surface area contributed by atoms with Crippen LogP contribution in [0.2, 0.25) is 0 Å². The standard InChI is InChI=1S/C15H11FN2O2/c1-8-9(7-19)6-17-14(8)5-12-11-4-10(16)2-3-13(11)18-15(12)20/h2-7,17H,1H3,(H,18,20)/b12-5-. The molecule has 0 bridgehead atoms. The maximum Gasteiger partial charge on any atom is 0.256 e. The van der Waals surface area contributed by atoms with Gasteiger partial charge in [0.25, 0.3) is 5.91 Å². The average Bonchev–Trinajstić information content (AvgIpc) is 2.92. The number of hydrogen-bond donors (Lipinski definition) is 2. The zero-order chi connectivity index (χ0) is 14.3. The summed E-state index contributed by atoms with van der Waals surface area (Å²) in [4.78, 5) is 25.7. The Balaban J connectivity index is 2.12. The van der Waals surface area contributed by atoms with Gasteiger partial charge in [-0.2, -0.15) is 0 Å². The predicted molar refractivity (Wildman–Crippen MR) is 73.8 cm³/mol. The third-order valence-corrected chi connectivity index (χ3v) is 3.40. The summed E-state index contributed by atoms with van der Waals surface area (Å²) < 4.78 is 13.3. The second-order valence-electron chi connectivity index (χ2n) is 4.60. The first-order valence-electron chi connectivity index (χ1n) is 6.06. The fraction of sp³-hybridized carbons (Fsp3) is 0.0667. The number of aromatic nitrogens is 1. The van der Waals surface area contributed by atoms with E-state index < -0.39 is 5.82 Å². The second-order valence-corrected chi connectivity index (χ2v) is 4.60. The van der Waals surface area contributed by atoms with Crippen LogP contribution in [-0.4, -0.2) is 17.2 Å². The van der Waals surface area contributed by atoms with Crippen LogP contribution >= 0.6 is 0 Å². The molecule has 5 heteroatoms. The van der Waals surface area contributed by atoms with Gasteiger partial charge in [0.05, 0.1) is 5.57 Å². The van der Waals surface area contributed by atoms with E-state index in [4.69, 9.17) is 0 Å². The molecule has 0 fully saturated rings. The molecule has 0 saturated carbocycles. The Morgan fingerprint density at radius 3 is 2.80 bits per heavy atom. The summed E-state index contributed by atoms with van der Waals surface area (Å²) in [7, 11) is 0. The largest absolute Gasteiger partial charge is 0.361 e. The van der Waals surface area contributed by atoms with E-state index in [0.717, 1.165) is 11.8 Å². The van der Waals surface area contributed by atoms with Crippen LogP contribution in [0.5, 0.6) is 0 Å². The van der Waals surface area contributed by atoms with E-state index in [-0.39, 0.29) is 5.91 Å². The Morgan fingerprint density at radius 1 is 1.30 bits per heavy atom. The smallest absolute Gasteiger partial charge is 0.256 e. The van der Waals surface area contributed by atoms with Gasteiger partial charge in [-0.1, -0.05) is 0 Å². The van der Waals surface area contributed by atoms with Gasteiger partial charge >= 0.3 is 0 Å². The highest BCUT2D eigenvalue weighted by Gasteiger charge is 2.24. The number of aromatic amines is 1. The summed E-state index contributed by atoms with van der Waals surface area (Å²) >= 11 is 0. The number of aldehydes is 1. The van der Waals surface area contributed by atoms with Gasteiger partial charge in [-0.15, -0.1) is 0 Å². The van der Waals surface area contributed by atoms with E-state index in [1.54, 1.807) is 19.2 Å². The number of hydrogen-bond acceptors (Lipinski definition) is 2. The maximum absolute atomic E-state index is 13.3. The van der Waals surface area contributed by atoms with Gasteiger partial charge in [0, 0.05) is 28.7 Å². The highest BCUT2D eigenvalue weighted by atomic mass is 19.1. The number of fused-ring (bicyclic) bond motifs is 1. The molecular weight excluding hydrogens is 259 g/mol. The zero-order valence-electron chi connectivity index (χ0n) is 10.7. The molecule has 100 valence electrons. The van der Waals surface area contributed by atoms with Crippen LogP contribution in [0, 0.1) is 12.7 Å². The van der Waals surface area contributed by atoms with Crippen molar-refractivity contribution in [3.63, 3.8) is 0 Å². The molecule has 0 radical (unpaired) electrons. The van der Waals surface area contributed by atoms with Crippen molar-refractivity contribution in [2.45, 2.75) is 6.92 Å². The van der Waals surface area contributed by atoms with Crippen molar-refractivity contribution in [1.82, 2.24) is 4.98 Å². The van der Waals surface area contributed by atoms with Crippen molar-refractivity contribution in [3.05, 3.63) is 52.6 Å². The van der Waals surface area contributed by atoms with Crippen LogP contribution in [-0.2, 0) is 4.79 Å². The number of carbonyl (C=O) groups excluding carboxylic acids is 2. The van der Waals surface area contributed by atoms with Gasteiger partial charge in [-0.05, 0) is 36.8 Å². The highest BCUT2D eigenvalue weighted by Crippen LogP contribution is 2.33. The molecule has 0 unspecified atom stereocenters. The fourth-order valence-corrected chi connectivity index (χ4v) is 2.25. The quantitative estimate of drug-likeness (QED) is 0.651. The van der Waals surface area contributed by atoms with Crippen molar-refractivity contribution in [1.29, 1.82) is 0 Å². The lowest BCUT2D eigenvalue weighted by Gasteiger charge is -1.99. The first-order valence-corrected chi connectivity index (χ1v) is 6.06. The molecule has 0 spiro atoms. The first-order chi connectivity index (χ1) is 9.60. The number of benzene rings is 1. The minimum atomic E-state index is -0.400. The molecule has 1 aliphatic heterocycles. The van der Waals surface area contributed by atoms with Crippen LogP contribution in [0.4, 0.5) is 10.1 Å². The number of H-pyrrole nitrogens is 1. The molecule has 1 amide bonds. The number of nitrogens with one attached hydrogen (secondary N) is 2. The monoisotopic (exact) mass is 270 g/mol. The second kappa shape index (κ2) is 4.45. The Hall–Kier alpha value is -2.69. The number of anilines is 1. The van der Waals surface area contributed by atoms with E-state index in [2.05, 4.69) is 10.3 Å². The molecular formula is C15H11FN2O2. The van der Waals surface area contributed by atoms with Crippen LogP contribution in [0.25, 0.3) is 11.6 Å². The average molecular weight is 270 g/mol. The summed E-state index contributed by atoms with van der Waals surface area (Å²) in [5.41, 5.74) is 3.44. The summed E-state index contributed by atoms with van der Waals surface area (Å²) in [5, 5.41) is 2.68. The minimum Gasteiger partial charge on any atom is -0.361 e. The minimum absolute atomic E-state index is 0.285. The molecule has 4 nitrogen and oxygen atoms in total. The van der Waals surface area contributed by atoms with E-state index >= 15 is 0 Å². The van der Waals surface area contributed by atoms with Gasteiger partial charge in [-0.25, -0.2) is 4.39 Å². The summed E-state index contributed by atoms with van der Waals surface area (Å²) in [6.07, 6.45) is 3.95. The molecule has 0 saturated heterocycles. The van der Waals surface area contributed by atoms with Gasteiger partial charge in [-0.3, -0.25) is 9.59 Å². The number of rotatable bonds is 2. The SMILES string of the molecule is Cc1c(C=O)c[nH]c1/C=C1\C(=O)Nc2ccc(F)cc21. The number of halogens is 1. The molecule has 3 rings (SSSR count). The van der Waals surface area contributed by atoms with E-state index in [1.807, 2.05) is 0 Å². The van der Waals surface area contributed by atoms with Crippen LogP contribution in [0.3, 0.4) is 0 Å². The molecule has 2 aromatic rings. The Morgan fingerprint density at radius 2 is 2.10 bits per heavy atom. The van der Waals surface area contributed by atoms with Crippen LogP contribution in [0.15, 0.2) is 24.4 Å². The molecule has 1 aromatic carbocycles. The lowest BCUT2D eigenvalue weighted by molar-refractivity contribution is -0.110. The molecule has 2 N–H and O–H groups in total. The van der Waals surface area contributed by atoms with Crippen molar-refractivity contribution < 1.29 is 14.0 Å². The Bertz CT molecular complexity index is 759. The van der Waals surface area contributed by atoms with Crippen LogP contribution in [0.1, 0.15) is 27.2 Å². The number of carbonyl (C=O) groups is 2. The Kier molecular flexibility index (Phi) is 2.75.